The van der Waals surface area contributed by atoms with Crippen molar-refractivity contribution in [3.8, 4) is 5.75 Å². The van der Waals surface area contributed by atoms with E-state index in [0.717, 1.165) is 0 Å². The third-order valence-corrected chi connectivity index (χ3v) is 2.49. The molecule has 0 aliphatic carbocycles. The normalized spacial score (nSPS) is 10.2. The van der Waals surface area contributed by atoms with E-state index in [1.807, 2.05) is 0 Å². The van der Waals surface area contributed by atoms with Gasteiger partial charge in [0.15, 0.2) is 11.9 Å². The lowest BCUT2D eigenvalue weighted by molar-refractivity contribution is -0.613. The van der Waals surface area contributed by atoms with Crippen molar-refractivity contribution in [1.82, 2.24) is 0 Å². The van der Waals surface area contributed by atoms with Gasteiger partial charge in [-0.1, -0.05) is 0 Å². The smallest absolute Gasteiger partial charge is 0.232 e. The number of aliphatic hydroxyl groups is 1. The predicted octanol–water partition coefficient (Wildman–Crippen LogP) is 0.589. The minimum atomic E-state index is -0.281. The summed E-state index contributed by atoms with van der Waals surface area (Å²) in [6, 6.07) is 0. The highest BCUT2D eigenvalue weighted by Gasteiger charge is 2.15. The molecule has 2 N–H and O–H groups in total. The van der Waals surface area contributed by atoms with Crippen LogP contribution in [0.25, 0.3) is 0 Å². The first-order valence-electron chi connectivity index (χ1n) is 3.29. The molecule has 1 aromatic rings. The van der Waals surface area contributed by atoms with Crippen LogP contribution in [-0.2, 0) is 6.61 Å². The highest BCUT2D eigenvalue weighted by atomic mass is 79.9. The van der Waals surface area contributed by atoms with Crippen LogP contribution in [0.15, 0.2) is 10.7 Å². The van der Waals surface area contributed by atoms with E-state index in [0.29, 0.717) is 14.8 Å². The fourth-order valence-corrected chi connectivity index (χ4v) is 1.34. The second-order valence-electron chi connectivity index (χ2n) is 2.39. The zero-order valence-electron chi connectivity index (χ0n) is 6.41. The minimum Gasteiger partial charge on any atom is -0.618 e. The van der Waals surface area contributed by atoms with E-state index in [4.69, 9.17) is 5.11 Å². The number of nitrogens with zero attached hydrogens (tertiary/aromatic N) is 1. The molecule has 0 aliphatic rings. The third-order valence-electron chi connectivity index (χ3n) is 1.61. The van der Waals surface area contributed by atoms with E-state index in [9.17, 15) is 10.3 Å². The molecule has 0 spiro atoms. The number of rotatable bonds is 1. The number of halogens is 1. The molecule has 66 valence electrons. The molecule has 5 heteroatoms. The van der Waals surface area contributed by atoms with Crippen LogP contribution < -0.4 is 4.73 Å². The van der Waals surface area contributed by atoms with Gasteiger partial charge in [0, 0.05) is 6.92 Å². The maximum Gasteiger partial charge on any atom is 0.232 e. The Labute approximate surface area is 77.8 Å². The minimum absolute atomic E-state index is 0.128. The summed E-state index contributed by atoms with van der Waals surface area (Å²) in [5.41, 5.74) is 0.576. The molecule has 0 saturated carbocycles. The largest absolute Gasteiger partial charge is 0.618 e. The molecule has 4 nitrogen and oxygen atoms in total. The number of aromatic nitrogens is 1. The van der Waals surface area contributed by atoms with Crippen molar-refractivity contribution in [2.45, 2.75) is 13.5 Å². The molecular weight excluding hydrogens is 226 g/mol. The lowest BCUT2D eigenvalue weighted by Gasteiger charge is -2.06. The molecule has 0 bridgehead atoms. The van der Waals surface area contributed by atoms with E-state index >= 15 is 0 Å². The van der Waals surface area contributed by atoms with Gasteiger partial charge < -0.3 is 15.4 Å². The van der Waals surface area contributed by atoms with Crippen LogP contribution >= 0.6 is 15.9 Å². The number of aromatic hydroxyl groups is 1. The van der Waals surface area contributed by atoms with Gasteiger partial charge in [0.2, 0.25) is 5.69 Å². The van der Waals surface area contributed by atoms with E-state index in [1.165, 1.54) is 13.1 Å². The second kappa shape index (κ2) is 3.28. The average molecular weight is 234 g/mol. The molecule has 0 radical (unpaired) electrons. The standard InChI is InChI=1S/C7H8BrNO3/c1-4-7(11)6(8)5(3-10)2-9(4)12/h2,10-11H,3H2,1H3. The molecule has 1 heterocycles. The lowest BCUT2D eigenvalue weighted by atomic mass is 10.2. The molecule has 0 aliphatic heterocycles. The maximum absolute atomic E-state index is 11.0. The van der Waals surface area contributed by atoms with Gasteiger partial charge in [-0.25, -0.2) is 0 Å². The van der Waals surface area contributed by atoms with Gasteiger partial charge in [-0.2, -0.15) is 4.73 Å². The molecule has 12 heavy (non-hydrogen) atoms. The second-order valence-corrected chi connectivity index (χ2v) is 3.18. The molecule has 0 unspecified atom stereocenters. The number of hydrogen-bond donors (Lipinski definition) is 2. The molecule has 0 amide bonds. The highest BCUT2D eigenvalue weighted by molar-refractivity contribution is 9.10. The molecule has 0 saturated heterocycles. The number of pyridine rings is 1. The number of aliphatic hydroxyl groups excluding tert-OH is 1. The van der Waals surface area contributed by atoms with Crippen LogP contribution in [0.3, 0.4) is 0 Å². The van der Waals surface area contributed by atoms with Crippen molar-refractivity contribution >= 4 is 15.9 Å². The first-order valence-corrected chi connectivity index (χ1v) is 4.08. The van der Waals surface area contributed by atoms with Crippen molar-refractivity contribution < 1.29 is 14.9 Å². The lowest BCUT2D eigenvalue weighted by Crippen LogP contribution is -2.30. The van der Waals surface area contributed by atoms with E-state index in [-0.39, 0.29) is 18.1 Å². The topological polar surface area (TPSA) is 67.4 Å². The Hall–Kier alpha value is -0.810. The van der Waals surface area contributed by atoms with E-state index < -0.39 is 0 Å². The van der Waals surface area contributed by atoms with Crippen LogP contribution in [0.5, 0.6) is 5.75 Å². The van der Waals surface area contributed by atoms with Gasteiger partial charge in [-0.15, -0.1) is 0 Å². The van der Waals surface area contributed by atoms with Crippen LogP contribution in [0.2, 0.25) is 0 Å². The Morgan fingerprint density at radius 3 is 2.75 bits per heavy atom. The van der Waals surface area contributed by atoms with Crippen molar-refractivity contribution in [1.29, 1.82) is 0 Å². The van der Waals surface area contributed by atoms with Crippen molar-refractivity contribution in [2.24, 2.45) is 0 Å². The SMILES string of the molecule is Cc1c(O)c(Br)c(CO)c[n+]1[O-]. The Morgan fingerprint density at radius 2 is 2.25 bits per heavy atom. The van der Waals surface area contributed by atoms with Gasteiger partial charge in [-0.05, 0) is 15.9 Å². The van der Waals surface area contributed by atoms with Crippen LogP contribution in [0.1, 0.15) is 11.3 Å². The summed E-state index contributed by atoms with van der Waals surface area (Å²) in [6.07, 6.45) is 1.22. The Morgan fingerprint density at radius 1 is 1.67 bits per heavy atom. The highest BCUT2D eigenvalue weighted by Crippen LogP contribution is 2.28. The predicted molar refractivity (Wildman–Crippen MR) is 45.4 cm³/mol. The maximum atomic E-state index is 11.0. The summed E-state index contributed by atoms with van der Waals surface area (Å²) in [5.74, 6) is -0.128. The van der Waals surface area contributed by atoms with Crippen molar-refractivity contribution in [2.75, 3.05) is 0 Å². The Kier molecular flexibility index (Phi) is 2.54. The van der Waals surface area contributed by atoms with Gasteiger partial charge >= 0.3 is 0 Å². The molecular formula is C7H8BrNO3. The summed E-state index contributed by atoms with van der Waals surface area (Å²) in [4.78, 5) is 0. The monoisotopic (exact) mass is 233 g/mol. The van der Waals surface area contributed by atoms with E-state index in [1.54, 1.807) is 0 Å². The van der Waals surface area contributed by atoms with Crippen molar-refractivity contribution in [3.05, 3.63) is 27.1 Å². The Balaban J connectivity index is 3.39. The average Bonchev–Trinajstić information content (AvgIpc) is 2.08. The third kappa shape index (κ3) is 1.37. The molecule has 0 aromatic carbocycles. The van der Waals surface area contributed by atoms with E-state index in [2.05, 4.69) is 15.9 Å². The quantitative estimate of drug-likeness (QED) is 0.552. The fourth-order valence-electron chi connectivity index (χ4n) is 0.821. The molecule has 0 atom stereocenters. The number of hydrogen-bond acceptors (Lipinski definition) is 3. The molecule has 0 fully saturated rings. The zero-order valence-corrected chi connectivity index (χ0v) is 8.00. The first-order chi connectivity index (χ1) is 5.57. The summed E-state index contributed by atoms with van der Waals surface area (Å²) >= 11 is 3.06. The summed E-state index contributed by atoms with van der Waals surface area (Å²) < 4.78 is 0.889. The van der Waals surface area contributed by atoms with Crippen LogP contribution in [-0.4, -0.2) is 10.2 Å². The van der Waals surface area contributed by atoms with Gasteiger partial charge in [0.25, 0.3) is 0 Å². The first kappa shape index (κ1) is 9.28. The molecule has 1 aromatic heterocycles. The van der Waals surface area contributed by atoms with Crippen LogP contribution in [0.4, 0.5) is 0 Å². The van der Waals surface area contributed by atoms with Crippen molar-refractivity contribution in [3.63, 3.8) is 0 Å². The van der Waals surface area contributed by atoms with Crippen LogP contribution in [0, 0.1) is 12.1 Å². The van der Waals surface area contributed by atoms with Gasteiger partial charge in [0.1, 0.15) is 0 Å². The van der Waals surface area contributed by atoms with Gasteiger partial charge in [-0.3, -0.25) is 0 Å². The summed E-state index contributed by atoms with van der Waals surface area (Å²) in [6.45, 7) is 1.21. The van der Waals surface area contributed by atoms with Gasteiger partial charge in [0.05, 0.1) is 16.6 Å². The molecule has 1 rings (SSSR count). The fraction of sp³-hybridized carbons (Fsp3) is 0.286. The summed E-state index contributed by atoms with van der Waals surface area (Å²) in [7, 11) is 0. The Bertz CT molecular complexity index is 314. The summed E-state index contributed by atoms with van der Waals surface area (Å²) in [5, 5.41) is 29.1. The zero-order chi connectivity index (χ0) is 9.30.